The van der Waals surface area contributed by atoms with Crippen molar-refractivity contribution in [2.24, 2.45) is 5.92 Å². The van der Waals surface area contributed by atoms with Crippen LogP contribution in [0.15, 0.2) is 66.7 Å². The summed E-state index contributed by atoms with van der Waals surface area (Å²) >= 11 is 0. The molecule has 0 saturated carbocycles. The number of fused-ring (bicyclic) bond motifs is 1. The lowest BCUT2D eigenvalue weighted by Gasteiger charge is -2.29. The molecule has 37 heavy (non-hydrogen) atoms. The zero-order valence-corrected chi connectivity index (χ0v) is 19.7. The van der Waals surface area contributed by atoms with Gasteiger partial charge in [-0.05, 0) is 47.9 Å². The van der Waals surface area contributed by atoms with Gasteiger partial charge in [0.05, 0.1) is 5.92 Å². The van der Waals surface area contributed by atoms with E-state index in [4.69, 9.17) is 9.47 Å². The number of carbonyl (C=O) groups excluding carboxylic acids is 1. The average Bonchev–Trinajstić information content (AvgIpc) is 2.85. The highest BCUT2D eigenvalue weighted by atomic mass is 19.3. The molecule has 1 aliphatic heterocycles. The van der Waals surface area contributed by atoms with Gasteiger partial charge in [-0.1, -0.05) is 44.2 Å². The van der Waals surface area contributed by atoms with Gasteiger partial charge >= 0.3 is 18.4 Å². The molecule has 192 valence electrons. The molecule has 3 atom stereocenters. The second-order valence-corrected chi connectivity index (χ2v) is 8.58. The molecule has 3 aromatic rings. The maximum absolute atomic E-state index is 14.3. The Kier molecular flexibility index (Phi) is 7.25. The molecule has 6 nitrogen and oxygen atoms in total. The first-order valence-electron chi connectivity index (χ1n) is 11.2. The number of rotatable bonds is 7. The van der Waals surface area contributed by atoms with Crippen molar-refractivity contribution in [2.45, 2.75) is 38.3 Å². The van der Waals surface area contributed by atoms with Crippen LogP contribution in [0.25, 0.3) is 0 Å². The second-order valence-electron chi connectivity index (χ2n) is 8.58. The summed E-state index contributed by atoms with van der Waals surface area (Å²) in [6, 6.07) is 17.7. The SMILES string of the molecule is CC(C)C(C(=O)OC(C#N)c1ccc(F)c(Oc2ccccc2)c1)c1ccc2c(c1)OC(F)(F)C(F)O2. The lowest BCUT2D eigenvalue weighted by Crippen LogP contribution is -2.43. The summed E-state index contributed by atoms with van der Waals surface area (Å²) < 4.78 is 75.1. The molecular formula is C27H21F4NO5. The second kappa shape index (κ2) is 10.4. The summed E-state index contributed by atoms with van der Waals surface area (Å²) in [6.07, 6.45) is -8.59. The molecule has 0 radical (unpaired) electrons. The number of halogens is 4. The third-order valence-electron chi connectivity index (χ3n) is 5.57. The molecule has 0 bridgehead atoms. The van der Waals surface area contributed by atoms with Crippen LogP contribution in [0.4, 0.5) is 17.6 Å². The number of para-hydroxylation sites is 1. The summed E-state index contributed by atoms with van der Waals surface area (Å²) in [5, 5.41) is 9.69. The Labute approximate surface area is 209 Å². The van der Waals surface area contributed by atoms with E-state index in [1.165, 1.54) is 24.3 Å². The van der Waals surface area contributed by atoms with Crippen LogP contribution < -0.4 is 14.2 Å². The van der Waals surface area contributed by atoms with Crippen molar-refractivity contribution in [1.82, 2.24) is 0 Å². The van der Waals surface area contributed by atoms with E-state index in [0.717, 1.165) is 12.1 Å². The Morgan fingerprint density at radius 1 is 1.03 bits per heavy atom. The van der Waals surface area contributed by atoms with Gasteiger partial charge in [-0.25, -0.2) is 4.39 Å². The van der Waals surface area contributed by atoms with Crippen LogP contribution >= 0.6 is 0 Å². The van der Waals surface area contributed by atoms with Crippen LogP contribution in [-0.4, -0.2) is 18.4 Å². The van der Waals surface area contributed by atoms with Gasteiger partial charge in [-0.3, -0.25) is 4.79 Å². The Hall–Kier alpha value is -4.26. The van der Waals surface area contributed by atoms with Crippen LogP contribution in [-0.2, 0) is 9.53 Å². The summed E-state index contributed by atoms with van der Waals surface area (Å²) in [7, 11) is 0. The molecule has 1 heterocycles. The number of esters is 1. The van der Waals surface area contributed by atoms with Crippen LogP contribution in [0.2, 0.25) is 0 Å². The van der Waals surface area contributed by atoms with Crippen molar-refractivity contribution in [1.29, 1.82) is 5.26 Å². The normalized spacial score (nSPS) is 17.4. The Bertz CT molecular complexity index is 1330. The molecule has 10 heteroatoms. The minimum Gasteiger partial charge on any atom is -0.454 e. The molecule has 1 aliphatic rings. The summed E-state index contributed by atoms with van der Waals surface area (Å²) in [4.78, 5) is 13.2. The molecule has 0 spiro atoms. The highest BCUT2D eigenvalue weighted by Gasteiger charge is 2.49. The molecule has 0 aliphatic carbocycles. The van der Waals surface area contributed by atoms with Crippen LogP contribution in [0.1, 0.15) is 37.0 Å². The Morgan fingerprint density at radius 3 is 2.41 bits per heavy atom. The van der Waals surface area contributed by atoms with Crippen molar-refractivity contribution in [2.75, 3.05) is 0 Å². The van der Waals surface area contributed by atoms with E-state index >= 15 is 0 Å². The molecule has 3 aromatic carbocycles. The Balaban J connectivity index is 1.57. The summed E-state index contributed by atoms with van der Waals surface area (Å²) in [6.45, 7) is 3.39. The maximum Gasteiger partial charge on any atom is 0.468 e. The van der Waals surface area contributed by atoms with Crippen molar-refractivity contribution < 1.29 is 41.3 Å². The van der Waals surface area contributed by atoms with Crippen molar-refractivity contribution in [3.8, 4) is 29.1 Å². The molecule has 0 N–H and O–H groups in total. The van der Waals surface area contributed by atoms with Gasteiger partial charge in [-0.15, -0.1) is 0 Å². The van der Waals surface area contributed by atoms with E-state index < -0.39 is 47.9 Å². The third kappa shape index (κ3) is 5.61. The Morgan fingerprint density at radius 2 is 1.73 bits per heavy atom. The molecule has 0 aromatic heterocycles. The number of nitriles is 1. The highest BCUT2D eigenvalue weighted by Crippen LogP contribution is 2.43. The lowest BCUT2D eigenvalue weighted by molar-refractivity contribution is -0.281. The predicted molar refractivity (Wildman–Crippen MR) is 122 cm³/mol. The zero-order valence-electron chi connectivity index (χ0n) is 19.7. The van der Waals surface area contributed by atoms with E-state index in [2.05, 4.69) is 9.47 Å². The van der Waals surface area contributed by atoms with Crippen LogP contribution in [0.3, 0.4) is 0 Å². The monoisotopic (exact) mass is 515 g/mol. The molecule has 0 saturated heterocycles. The molecule has 3 unspecified atom stereocenters. The number of nitrogens with zero attached hydrogens (tertiary/aromatic N) is 1. The van der Waals surface area contributed by atoms with Gasteiger partial charge in [0.2, 0.25) is 6.10 Å². The number of hydrogen-bond acceptors (Lipinski definition) is 6. The number of alkyl halides is 3. The van der Waals surface area contributed by atoms with Gasteiger partial charge in [0.25, 0.3) is 0 Å². The van der Waals surface area contributed by atoms with Crippen molar-refractivity contribution >= 4 is 5.97 Å². The maximum atomic E-state index is 14.3. The van der Waals surface area contributed by atoms with E-state index in [1.807, 2.05) is 6.07 Å². The van der Waals surface area contributed by atoms with Crippen LogP contribution in [0.5, 0.6) is 23.0 Å². The first-order valence-corrected chi connectivity index (χ1v) is 11.2. The quantitative estimate of drug-likeness (QED) is 0.254. The first-order chi connectivity index (χ1) is 17.6. The largest absolute Gasteiger partial charge is 0.468 e. The van der Waals surface area contributed by atoms with Gasteiger partial charge in [0, 0.05) is 5.56 Å². The number of benzene rings is 3. The van der Waals surface area contributed by atoms with Crippen molar-refractivity contribution in [3.05, 3.63) is 83.7 Å². The number of hydrogen-bond donors (Lipinski definition) is 0. The van der Waals surface area contributed by atoms with Crippen molar-refractivity contribution in [3.63, 3.8) is 0 Å². The lowest BCUT2D eigenvalue weighted by atomic mass is 9.88. The highest BCUT2D eigenvalue weighted by molar-refractivity contribution is 5.79. The standard InChI is InChI=1S/C27H21F4NO5/c1-15(2)24(17-9-11-20-22(13-17)37-27(30,31)26(29)36-20)25(33)35-23(14-32)16-8-10-19(28)21(12-16)34-18-6-4-3-5-7-18/h3-13,15,23-24,26H,1-2H3. The zero-order chi connectivity index (χ0) is 26.7. The molecule has 0 fully saturated rings. The fourth-order valence-electron chi connectivity index (χ4n) is 3.80. The number of ether oxygens (including phenoxy) is 4. The third-order valence-corrected chi connectivity index (χ3v) is 5.57. The van der Waals surface area contributed by atoms with Gasteiger partial charge in [-0.2, -0.15) is 18.4 Å². The van der Waals surface area contributed by atoms with Gasteiger partial charge < -0.3 is 18.9 Å². The van der Waals surface area contributed by atoms with E-state index in [0.29, 0.717) is 5.75 Å². The fourth-order valence-corrected chi connectivity index (χ4v) is 3.80. The molecule has 4 rings (SSSR count). The summed E-state index contributed by atoms with van der Waals surface area (Å²) in [5.41, 5.74) is 0.404. The predicted octanol–water partition coefficient (Wildman–Crippen LogP) is 6.83. The smallest absolute Gasteiger partial charge is 0.454 e. The molecular weight excluding hydrogens is 494 g/mol. The minimum absolute atomic E-state index is 0.167. The van der Waals surface area contributed by atoms with Gasteiger partial charge in [0.15, 0.2) is 23.1 Å². The molecule has 0 amide bonds. The topological polar surface area (TPSA) is 77.8 Å². The summed E-state index contributed by atoms with van der Waals surface area (Å²) in [5.74, 6) is -3.39. The van der Waals surface area contributed by atoms with Crippen LogP contribution in [0, 0.1) is 23.1 Å². The van der Waals surface area contributed by atoms with Gasteiger partial charge in [0.1, 0.15) is 11.8 Å². The minimum atomic E-state index is -4.20. The van der Waals surface area contributed by atoms with E-state index in [-0.39, 0.29) is 22.6 Å². The van der Waals surface area contributed by atoms with E-state index in [9.17, 15) is 27.6 Å². The number of carbonyl (C=O) groups is 1. The van der Waals surface area contributed by atoms with E-state index in [1.54, 1.807) is 44.2 Å². The average molecular weight is 515 g/mol. The first kappa shape index (κ1) is 25.8. The fraction of sp³-hybridized carbons (Fsp3) is 0.259.